The fourth-order valence-electron chi connectivity index (χ4n) is 3.96. The van der Waals surface area contributed by atoms with Gasteiger partial charge in [0.05, 0.1) is 12.5 Å². The number of aryl methyl sites for hydroxylation is 1. The van der Waals surface area contributed by atoms with Crippen molar-refractivity contribution in [3.05, 3.63) is 69.5 Å². The Labute approximate surface area is 214 Å². The molecule has 0 spiro atoms. The highest BCUT2D eigenvalue weighted by atomic mass is 35.5. The maximum atomic E-state index is 12.7. The smallest absolute Gasteiger partial charge is 0.241 e. The van der Waals surface area contributed by atoms with E-state index >= 15 is 0 Å². The van der Waals surface area contributed by atoms with Gasteiger partial charge in [0.25, 0.3) is 0 Å². The number of benzene rings is 2. The van der Waals surface area contributed by atoms with E-state index in [-0.39, 0.29) is 11.8 Å². The van der Waals surface area contributed by atoms with Crippen molar-refractivity contribution in [1.82, 2.24) is 20.4 Å². The maximum absolute atomic E-state index is 12.7. The first-order valence-corrected chi connectivity index (χ1v) is 13.3. The Bertz CT molecular complexity index is 1110. The molecule has 0 radical (unpaired) electrons. The van der Waals surface area contributed by atoms with Crippen LogP contribution < -0.4 is 5.32 Å². The summed E-state index contributed by atoms with van der Waals surface area (Å²) in [6.07, 6.45) is 1.87. The maximum Gasteiger partial charge on any atom is 0.241 e. The van der Waals surface area contributed by atoms with Crippen LogP contribution in [-0.4, -0.2) is 46.3 Å². The number of nitrogens with one attached hydrogen (secondary N) is 1. The van der Waals surface area contributed by atoms with Gasteiger partial charge in [0.2, 0.25) is 17.6 Å². The van der Waals surface area contributed by atoms with Crippen LogP contribution in [0.3, 0.4) is 0 Å². The SMILES string of the molecule is Cc1ccc(-c2noc(CN3CCCC(C(=O)NCCSCc4ccc(Cl)cc4Cl)C3)n2)cc1. The average Bonchev–Trinajstić information content (AvgIpc) is 3.29. The van der Waals surface area contributed by atoms with Gasteiger partial charge in [-0.05, 0) is 44.0 Å². The fraction of sp³-hybridized carbons (Fsp3) is 0.400. The van der Waals surface area contributed by atoms with Gasteiger partial charge in [0.1, 0.15) is 0 Å². The number of carbonyl (C=O) groups excluding carboxylic acids is 1. The van der Waals surface area contributed by atoms with Gasteiger partial charge in [-0.1, -0.05) is 64.3 Å². The summed E-state index contributed by atoms with van der Waals surface area (Å²) in [4.78, 5) is 19.5. The number of piperidine rings is 1. The summed E-state index contributed by atoms with van der Waals surface area (Å²) in [6.45, 7) is 4.85. The number of amides is 1. The minimum atomic E-state index is -0.0241. The van der Waals surface area contributed by atoms with Crippen molar-refractivity contribution < 1.29 is 9.32 Å². The van der Waals surface area contributed by atoms with Gasteiger partial charge >= 0.3 is 0 Å². The topological polar surface area (TPSA) is 71.3 Å². The van der Waals surface area contributed by atoms with Crippen LogP contribution in [0, 0.1) is 12.8 Å². The second-order valence-corrected chi connectivity index (χ2v) is 10.5. The van der Waals surface area contributed by atoms with E-state index < -0.39 is 0 Å². The van der Waals surface area contributed by atoms with E-state index in [4.69, 9.17) is 27.7 Å². The number of thioether (sulfide) groups is 1. The van der Waals surface area contributed by atoms with Crippen molar-refractivity contribution in [2.24, 2.45) is 5.92 Å². The van der Waals surface area contributed by atoms with Crippen LogP contribution in [0.5, 0.6) is 0 Å². The molecule has 2 aromatic carbocycles. The number of rotatable bonds is 9. The molecule has 0 aliphatic carbocycles. The molecule has 0 bridgehead atoms. The van der Waals surface area contributed by atoms with Crippen LogP contribution in [0.1, 0.15) is 29.9 Å². The molecule has 4 rings (SSSR count). The summed E-state index contributed by atoms with van der Waals surface area (Å²) < 4.78 is 5.47. The van der Waals surface area contributed by atoms with Crippen molar-refractivity contribution in [3.8, 4) is 11.4 Å². The van der Waals surface area contributed by atoms with Gasteiger partial charge in [-0.25, -0.2) is 0 Å². The first-order valence-electron chi connectivity index (χ1n) is 11.4. The van der Waals surface area contributed by atoms with E-state index in [2.05, 4.69) is 20.4 Å². The number of carbonyl (C=O) groups is 1. The molecule has 2 heterocycles. The molecule has 34 heavy (non-hydrogen) atoms. The zero-order chi connectivity index (χ0) is 23.9. The van der Waals surface area contributed by atoms with E-state index in [0.717, 1.165) is 42.0 Å². The lowest BCUT2D eigenvalue weighted by Gasteiger charge is -2.30. The Kier molecular flexibility index (Phi) is 8.89. The average molecular weight is 519 g/mol. The highest BCUT2D eigenvalue weighted by Gasteiger charge is 2.26. The Morgan fingerprint density at radius 3 is 2.85 bits per heavy atom. The molecule has 1 unspecified atom stereocenters. The zero-order valence-corrected chi connectivity index (χ0v) is 21.4. The van der Waals surface area contributed by atoms with Crippen LogP contribution in [0.15, 0.2) is 47.0 Å². The second-order valence-electron chi connectivity index (χ2n) is 8.53. The number of likely N-dealkylation sites (tertiary alicyclic amines) is 1. The largest absolute Gasteiger partial charge is 0.355 e. The van der Waals surface area contributed by atoms with Crippen molar-refractivity contribution in [1.29, 1.82) is 0 Å². The molecule has 6 nitrogen and oxygen atoms in total. The van der Waals surface area contributed by atoms with Gasteiger partial charge < -0.3 is 9.84 Å². The van der Waals surface area contributed by atoms with Gasteiger partial charge in [-0.2, -0.15) is 16.7 Å². The van der Waals surface area contributed by atoms with Crippen LogP contribution in [0.25, 0.3) is 11.4 Å². The molecule has 1 aliphatic heterocycles. The number of hydrogen-bond acceptors (Lipinski definition) is 6. The summed E-state index contributed by atoms with van der Waals surface area (Å²) in [6, 6.07) is 13.6. The molecule has 1 amide bonds. The van der Waals surface area contributed by atoms with E-state index in [9.17, 15) is 4.79 Å². The monoisotopic (exact) mass is 518 g/mol. The first kappa shape index (κ1) is 25.0. The second kappa shape index (κ2) is 12.1. The summed E-state index contributed by atoms with van der Waals surface area (Å²) >= 11 is 13.9. The van der Waals surface area contributed by atoms with Gasteiger partial charge in [0.15, 0.2) is 0 Å². The molecule has 1 aromatic heterocycles. The quantitative estimate of drug-likeness (QED) is 0.371. The Morgan fingerprint density at radius 2 is 2.06 bits per heavy atom. The van der Waals surface area contributed by atoms with Crippen molar-refractivity contribution in [3.63, 3.8) is 0 Å². The molecule has 1 N–H and O–H groups in total. The van der Waals surface area contributed by atoms with E-state index in [1.54, 1.807) is 17.8 Å². The number of aromatic nitrogens is 2. The normalized spacial score (nSPS) is 16.5. The van der Waals surface area contributed by atoms with Gasteiger partial charge in [-0.15, -0.1) is 0 Å². The fourth-order valence-corrected chi connectivity index (χ4v) is 5.37. The van der Waals surface area contributed by atoms with Gasteiger partial charge in [-0.3, -0.25) is 9.69 Å². The predicted molar refractivity (Wildman–Crippen MR) is 138 cm³/mol. The first-order chi connectivity index (χ1) is 16.5. The Hall–Kier alpha value is -2.06. The number of halogens is 2. The molecule has 1 atom stereocenters. The zero-order valence-electron chi connectivity index (χ0n) is 19.1. The van der Waals surface area contributed by atoms with Crippen LogP contribution >= 0.6 is 35.0 Å². The predicted octanol–water partition coefficient (Wildman–Crippen LogP) is 5.61. The van der Waals surface area contributed by atoms with Crippen LogP contribution in [0.2, 0.25) is 10.0 Å². The van der Waals surface area contributed by atoms with Crippen LogP contribution in [0.4, 0.5) is 0 Å². The summed E-state index contributed by atoms with van der Waals surface area (Å²) in [5.41, 5.74) is 3.18. The molecular weight excluding hydrogens is 491 g/mol. The standard InChI is InChI=1S/C25H28Cl2N4O2S/c1-17-4-6-18(7-5-17)24-29-23(33-30-24)15-31-11-2-3-19(14-31)25(32)28-10-12-34-16-20-8-9-21(26)13-22(20)27/h4-9,13,19H,2-3,10-12,14-16H2,1H3,(H,28,32). The minimum absolute atomic E-state index is 0.0241. The molecule has 1 aliphatic rings. The molecule has 180 valence electrons. The highest BCUT2D eigenvalue weighted by Crippen LogP contribution is 2.25. The molecule has 3 aromatic rings. The lowest BCUT2D eigenvalue weighted by molar-refractivity contribution is -0.126. The van der Waals surface area contributed by atoms with E-state index in [0.29, 0.717) is 41.4 Å². The number of hydrogen-bond donors (Lipinski definition) is 1. The van der Waals surface area contributed by atoms with Gasteiger partial charge in [0, 0.05) is 40.2 Å². The van der Waals surface area contributed by atoms with E-state index in [1.807, 2.05) is 43.3 Å². The lowest BCUT2D eigenvalue weighted by atomic mass is 9.97. The third kappa shape index (κ3) is 6.98. The minimum Gasteiger partial charge on any atom is -0.355 e. The summed E-state index contributed by atoms with van der Waals surface area (Å²) in [5.74, 6) is 2.88. The van der Waals surface area contributed by atoms with E-state index in [1.165, 1.54) is 5.56 Å². The summed E-state index contributed by atoms with van der Waals surface area (Å²) in [7, 11) is 0. The third-order valence-electron chi connectivity index (χ3n) is 5.83. The Morgan fingerprint density at radius 1 is 1.24 bits per heavy atom. The number of nitrogens with zero attached hydrogens (tertiary/aromatic N) is 3. The third-order valence-corrected chi connectivity index (χ3v) is 7.43. The Balaban J connectivity index is 1.19. The van der Waals surface area contributed by atoms with Crippen molar-refractivity contribution in [2.75, 3.05) is 25.4 Å². The lowest BCUT2D eigenvalue weighted by Crippen LogP contribution is -2.43. The molecule has 9 heteroatoms. The highest BCUT2D eigenvalue weighted by molar-refractivity contribution is 7.98. The molecule has 0 saturated carbocycles. The van der Waals surface area contributed by atoms with Crippen LogP contribution in [-0.2, 0) is 17.1 Å². The molecule has 1 saturated heterocycles. The summed E-state index contributed by atoms with van der Waals surface area (Å²) in [5, 5.41) is 8.52. The molecule has 1 fully saturated rings. The van der Waals surface area contributed by atoms with Crippen molar-refractivity contribution >= 4 is 40.9 Å². The molecular formula is C25H28Cl2N4O2S. The van der Waals surface area contributed by atoms with Crippen molar-refractivity contribution in [2.45, 2.75) is 32.1 Å².